The molecule has 1 fully saturated rings. The molecule has 1 aliphatic heterocycles. The van der Waals surface area contributed by atoms with Gasteiger partial charge in [0.15, 0.2) is 0 Å². The van der Waals surface area contributed by atoms with Gasteiger partial charge in [-0.3, -0.25) is 4.90 Å². The van der Waals surface area contributed by atoms with Gasteiger partial charge in [-0.2, -0.15) is 4.91 Å². The number of nitroso groups, excluding NO2 is 1. The largest absolute Gasteiger partial charge is 0.379 e. The van der Waals surface area contributed by atoms with E-state index in [-0.39, 0.29) is 6.54 Å². The van der Waals surface area contributed by atoms with Crippen LogP contribution < -0.4 is 5.73 Å². The Morgan fingerprint density at radius 2 is 1.78 bits per heavy atom. The summed E-state index contributed by atoms with van der Waals surface area (Å²) >= 11 is 1.90. The minimum atomic E-state index is 0.279. The lowest BCUT2D eigenvalue weighted by molar-refractivity contribution is 0.0381. The van der Waals surface area contributed by atoms with Crippen molar-refractivity contribution in [3.05, 3.63) is 77.3 Å². The van der Waals surface area contributed by atoms with Gasteiger partial charge >= 0.3 is 0 Å². The molecule has 0 atom stereocenters. The highest BCUT2D eigenvalue weighted by Gasteiger charge is 2.09. The number of hydrogen-bond donors (Lipinski definition) is 1. The van der Waals surface area contributed by atoms with Crippen LogP contribution in [0.1, 0.15) is 12.0 Å². The molecule has 1 aromatic heterocycles. The van der Waals surface area contributed by atoms with Gasteiger partial charge in [0, 0.05) is 29.7 Å². The van der Waals surface area contributed by atoms with Crippen molar-refractivity contribution in [3.8, 4) is 11.3 Å². The summed E-state index contributed by atoms with van der Waals surface area (Å²) in [5, 5.41) is 2.76. The van der Waals surface area contributed by atoms with Crippen molar-refractivity contribution >= 4 is 17.7 Å². The van der Waals surface area contributed by atoms with E-state index in [9.17, 15) is 4.91 Å². The highest BCUT2D eigenvalue weighted by molar-refractivity contribution is 7.99. The third-order valence-electron chi connectivity index (χ3n) is 4.91. The summed E-state index contributed by atoms with van der Waals surface area (Å²) in [4.78, 5) is 21.7. The van der Waals surface area contributed by atoms with E-state index in [1.165, 1.54) is 11.3 Å². The molecule has 4 rings (SSSR count). The lowest BCUT2D eigenvalue weighted by Gasteiger charge is -2.26. The van der Waals surface area contributed by atoms with Crippen molar-refractivity contribution in [2.75, 3.05) is 44.3 Å². The predicted molar refractivity (Wildman–Crippen MR) is 130 cm³/mol. The Morgan fingerprint density at radius 1 is 1.03 bits per heavy atom. The molecule has 2 N–H and O–H groups in total. The van der Waals surface area contributed by atoms with E-state index in [0.717, 1.165) is 55.4 Å². The smallest absolute Gasteiger partial charge is 0.220 e. The number of aromatic nitrogens is 2. The molecule has 7 nitrogen and oxygen atoms in total. The maximum Gasteiger partial charge on any atom is 0.220 e. The van der Waals surface area contributed by atoms with Gasteiger partial charge in [0.2, 0.25) is 5.95 Å². The number of ether oxygens (including phenoxy) is 1. The monoisotopic (exact) mass is 451 g/mol. The van der Waals surface area contributed by atoms with E-state index in [2.05, 4.69) is 44.3 Å². The Kier molecular flexibility index (Phi) is 10.1. The number of nitrogens with two attached hydrogens (primary N) is 1. The summed E-state index contributed by atoms with van der Waals surface area (Å²) < 4.78 is 5.37. The molecule has 1 saturated heterocycles. The van der Waals surface area contributed by atoms with E-state index in [4.69, 9.17) is 10.5 Å². The van der Waals surface area contributed by atoms with Crippen LogP contribution >= 0.6 is 11.8 Å². The highest BCUT2D eigenvalue weighted by atomic mass is 32.2. The fourth-order valence-electron chi connectivity index (χ4n) is 3.22. The Morgan fingerprint density at radius 3 is 2.47 bits per heavy atom. The van der Waals surface area contributed by atoms with Crippen molar-refractivity contribution in [1.82, 2.24) is 14.9 Å². The molecule has 2 heterocycles. The van der Waals surface area contributed by atoms with Crippen molar-refractivity contribution in [2.24, 2.45) is 5.18 Å². The van der Waals surface area contributed by atoms with Gasteiger partial charge in [0.25, 0.3) is 0 Å². The summed E-state index contributed by atoms with van der Waals surface area (Å²) in [5.41, 5.74) is 8.52. The number of hydrogen-bond acceptors (Lipinski definition) is 8. The number of anilines is 1. The second-order valence-corrected chi connectivity index (χ2v) is 8.42. The van der Waals surface area contributed by atoms with Gasteiger partial charge in [-0.25, -0.2) is 9.97 Å². The molecular formula is C24H29N5O2S. The van der Waals surface area contributed by atoms with Gasteiger partial charge in [-0.1, -0.05) is 47.6 Å². The zero-order valence-corrected chi connectivity index (χ0v) is 18.9. The normalized spacial score (nSPS) is 13.8. The molecule has 32 heavy (non-hydrogen) atoms. The summed E-state index contributed by atoms with van der Waals surface area (Å²) in [6, 6.07) is 19.8. The molecule has 0 aliphatic carbocycles. The first-order valence-electron chi connectivity index (χ1n) is 10.7. The van der Waals surface area contributed by atoms with Gasteiger partial charge in [-0.15, -0.1) is 11.8 Å². The van der Waals surface area contributed by atoms with Crippen molar-refractivity contribution in [3.63, 3.8) is 0 Å². The minimum Gasteiger partial charge on any atom is -0.379 e. The van der Waals surface area contributed by atoms with E-state index >= 15 is 0 Å². The van der Waals surface area contributed by atoms with Crippen molar-refractivity contribution in [2.45, 2.75) is 17.9 Å². The summed E-state index contributed by atoms with van der Waals surface area (Å²) in [6.45, 7) is 5.34. The minimum absolute atomic E-state index is 0.279. The summed E-state index contributed by atoms with van der Waals surface area (Å²) in [6.07, 6.45) is 2.89. The van der Waals surface area contributed by atoms with Crippen LogP contribution in [0.3, 0.4) is 0 Å². The molecule has 0 spiro atoms. The Hall–Kier alpha value is -2.81. The molecule has 0 unspecified atom stereocenters. The van der Waals surface area contributed by atoms with Crippen LogP contribution in [0.2, 0.25) is 0 Å². The lowest BCUT2D eigenvalue weighted by Crippen LogP contribution is -2.36. The zero-order valence-electron chi connectivity index (χ0n) is 18.1. The zero-order chi connectivity index (χ0) is 22.4. The topological polar surface area (TPSA) is 93.7 Å². The van der Waals surface area contributed by atoms with Crippen LogP contribution in [-0.2, 0) is 11.3 Å². The van der Waals surface area contributed by atoms with Crippen LogP contribution in [0.5, 0.6) is 0 Å². The summed E-state index contributed by atoms with van der Waals surface area (Å²) in [7, 11) is 0. The molecule has 8 heteroatoms. The molecule has 168 valence electrons. The van der Waals surface area contributed by atoms with Gasteiger partial charge in [0.1, 0.15) is 6.54 Å². The number of thioether (sulfide) groups is 1. The summed E-state index contributed by atoms with van der Waals surface area (Å²) in [5.74, 6) is 1.45. The first-order valence-corrected chi connectivity index (χ1v) is 11.7. The molecule has 3 aromatic rings. The average Bonchev–Trinajstić information content (AvgIpc) is 2.84. The van der Waals surface area contributed by atoms with Crippen LogP contribution in [0, 0.1) is 4.91 Å². The van der Waals surface area contributed by atoms with Crippen LogP contribution in [-0.4, -0.2) is 53.5 Å². The van der Waals surface area contributed by atoms with Crippen molar-refractivity contribution in [1.29, 1.82) is 0 Å². The molecule has 0 amide bonds. The van der Waals surface area contributed by atoms with Crippen molar-refractivity contribution < 1.29 is 4.74 Å². The van der Waals surface area contributed by atoms with Gasteiger partial charge in [0.05, 0.1) is 18.9 Å². The van der Waals surface area contributed by atoms with E-state index in [0.29, 0.717) is 5.95 Å². The molecular weight excluding hydrogens is 422 g/mol. The fourth-order valence-corrected chi connectivity index (χ4v) is 4.06. The third kappa shape index (κ3) is 8.37. The van der Waals surface area contributed by atoms with Crippen LogP contribution in [0.25, 0.3) is 11.3 Å². The van der Waals surface area contributed by atoms with Crippen LogP contribution in [0.4, 0.5) is 5.95 Å². The highest BCUT2D eigenvalue weighted by Crippen LogP contribution is 2.23. The molecule has 0 saturated carbocycles. The van der Waals surface area contributed by atoms with E-state index < -0.39 is 0 Å². The number of morpholine rings is 1. The molecule has 0 radical (unpaired) electrons. The standard InChI is InChI=1S/C17H22N4OS.C7H7NO/c18-17-19-7-6-16(20-17)14-2-4-15(5-3-14)23-13-1-8-21-9-11-22-12-10-21;9-8-6-7-4-2-1-3-5-7/h2-7H,1,8-13H2,(H2,18,19,20);1-5H,6H2. The second kappa shape index (κ2) is 13.6. The molecule has 0 bridgehead atoms. The lowest BCUT2D eigenvalue weighted by atomic mass is 10.1. The maximum atomic E-state index is 9.72. The SMILES string of the molecule is Nc1nccc(-c2ccc(SCCCN3CCOCC3)cc2)n1.O=NCc1ccccc1. The fraction of sp³-hybridized carbons (Fsp3) is 0.333. The quantitative estimate of drug-likeness (QED) is 0.306. The number of nitrogens with zero attached hydrogens (tertiary/aromatic N) is 4. The molecule has 2 aromatic carbocycles. The molecule has 1 aliphatic rings. The van der Waals surface area contributed by atoms with Crippen LogP contribution in [0.15, 0.2) is 76.9 Å². The Bertz CT molecular complexity index is 935. The van der Waals surface area contributed by atoms with Gasteiger partial charge < -0.3 is 10.5 Å². The van der Waals surface area contributed by atoms with E-state index in [1.807, 2.05) is 48.2 Å². The van der Waals surface area contributed by atoms with E-state index in [1.54, 1.807) is 6.20 Å². The number of nitrogen functional groups attached to an aromatic ring is 1. The first-order chi connectivity index (χ1) is 15.7. The van der Waals surface area contributed by atoms with Gasteiger partial charge in [-0.05, 0) is 42.5 Å². The maximum absolute atomic E-state index is 9.72. The second-order valence-electron chi connectivity index (χ2n) is 7.25. The number of rotatable bonds is 8. The first kappa shape index (κ1) is 23.8. The average molecular weight is 452 g/mol. The Balaban J connectivity index is 0.000000269. The Labute approximate surface area is 193 Å². The third-order valence-corrected chi connectivity index (χ3v) is 6.00. The predicted octanol–water partition coefficient (Wildman–Crippen LogP) is 4.49. The number of benzene rings is 2.